The molecule has 1 aliphatic heterocycles. The van der Waals surface area contributed by atoms with Gasteiger partial charge in [0.2, 0.25) is 0 Å². The fraction of sp³-hybridized carbons (Fsp3) is 0.933. The standard InChI is InChI=1S/C15H22O2/c1-8(2)10-4-12-14(3)5-9(14)6-15(12)7-11(10)17-13(15)16/h8-12H,4-7H2,1-3H3/t9-,10+,11-,12+,14-,15+/m1/s1. The minimum atomic E-state index is -0.0479. The Morgan fingerprint density at radius 2 is 2.06 bits per heavy atom. The summed E-state index contributed by atoms with van der Waals surface area (Å²) in [6.45, 7) is 6.98. The van der Waals surface area contributed by atoms with Crippen LogP contribution in [0.2, 0.25) is 0 Å². The normalized spacial score (nSPS) is 58.9. The van der Waals surface area contributed by atoms with E-state index < -0.39 is 0 Å². The highest BCUT2D eigenvalue weighted by Crippen LogP contribution is 2.77. The minimum Gasteiger partial charge on any atom is -0.462 e. The second kappa shape index (κ2) is 2.73. The monoisotopic (exact) mass is 234 g/mol. The van der Waals surface area contributed by atoms with Gasteiger partial charge in [0.15, 0.2) is 0 Å². The molecule has 0 unspecified atom stereocenters. The maximum Gasteiger partial charge on any atom is 0.312 e. The fourth-order valence-corrected chi connectivity index (χ4v) is 5.47. The summed E-state index contributed by atoms with van der Waals surface area (Å²) in [5.74, 6) is 2.86. The highest BCUT2D eigenvalue weighted by Gasteiger charge is 2.75. The van der Waals surface area contributed by atoms with E-state index in [1.807, 2.05) is 0 Å². The SMILES string of the molecule is CC(C)[C@@H]1C[C@@H]2[C@]3(C[C@H]4C[C@]42C)C[C@H]1OC3=O. The van der Waals surface area contributed by atoms with E-state index in [9.17, 15) is 4.79 Å². The van der Waals surface area contributed by atoms with Crippen LogP contribution in [-0.2, 0) is 9.53 Å². The zero-order valence-electron chi connectivity index (χ0n) is 11.0. The smallest absolute Gasteiger partial charge is 0.312 e. The third-order valence-corrected chi connectivity index (χ3v) is 6.60. The van der Waals surface area contributed by atoms with Gasteiger partial charge in [-0.1, -0.05) is 20.8 Å². The van der Waals surface area contributed by atoms with E-state index in [-0.39, 0.29) is 17.5 Å². The van der Waals surface area contributed by atoms with Crippen LogP contribution in [0, 0.1) is 34.5 Å². The molecule has 4 rings (SSSR count). The van der Waals surface area contributed by atoms with Crippen LogP contribution in [0.25, 0.3) is 0 Å². The Kier molecular flexibility index (Phi) is 1.67. The van der Waals surface area contributed by atoms with Crippen LogP contribution in [0.4, 0.5) is 0 Å². The van der Waals surface area contributed by atoms with Gasteiger partial charge >= 0.3 is 5.97 Å². The van der Waals surface area contributed by atoms with Crippen LogP contribution >= 0.6 is 0 Å². The van der Waals surface area contributed by atoms with Crippen molar-refractivity contribution >= 4 is 5.97 Å². The molecular weight excluding hydrogens is 212 g/mol. The Labute approximate surface area is 103 Å². The van der Waals surface area contributed by atoms with Crippen molar-refractivity contribution in [1.29, 1.82) is 0 Å². The molecule has 3 aliphatic carbocycles. The molecular formula is C15H22O2. The Morgan fingerprint density at radius 1 is 1.29 bits per heavy atom. The van der Waals surface area contributed by atoms with E-state index in [4.69, 9.17) is 4.74 Å². The van der Waals surface area contributed by atoms with Crippen LogP contribution in [-0.4, -0.2) is 12.1 Å². The molecule has 1 saturated heterocycles. The predicted octanol–water partition coefficient (Wildman–Crippen LogP) is 3.01. The summed E-state index contributed by atoms with van der Waals surface area (Å²) in [5, 5.41) is 0. The lowest BCUT2D eigenvalue weighted by Crippen LogP contribution is -2.41. The quantitative estimate of drug-likeness (QED) is 0.652. The molecule has 4 fully saturated rings. The van der Waals surface area contributed by atoms with Crippen molar-refractivity contribution < 1.29 is 9.53 Å². The summed E-state index contributed by atoms with van der Waals surface area (Å²) in [6.07, 6.45) is 5.00. The summed E-state index contributed by atoms with van der Waals surface area (Å²) in [7, 11) is 0. The maximum absolute atomic E-state index is 12.3. The molecule has 94 valence electrons. The molecule has 0 aromatic heterocycles. The molecule has 2 bridgehead atoms. The average molecular weight is 234 g/mol. The van der Waals surface area contributed by atoms with E-state index in [0.717, 1.165) is 18.8 Å². The highest BCUT2D eigenvalue weighted by atomic mass is 16.6. The number of hydrogen-bond acceptors (Lipinski definition) is 2. The first kappa shape index (κ1) is 10.4. The van der Waals surface area contributed by atoms with Gasteiger partial charge in [-0.25, -0.2) is 0 Å². The van der Waals surface area contributed by atoms with Crippen LogP contribution in [0.3, 0.4) is 0 Å². The third kappa shape index (κ3) is 1.02. The minimum absolute atomic E-state index is 0.0479. The topological polar surface area (TPSA) is 26.3 Å². The average Bonchev–Trinajstić information content (AvgIpc) is 2.72. The Balaban J connectivity index is 1.76. The zero-order valence-corrected chi connectivity index (χ0v) is 11.0. The maximum atomic E-state index is 12.3. The first-order chi connectivity index (χ1) is 7.97. The van der Waals surface area contributed by atoms with E-state index in [1.165, 1.54) is 12.8 Å². The van der Waals surface area contributed by atoms with Gasteiger partial charge in [0.25, 0.3) is 0 Å². The largest absolute Gasteiger partial charge is 0.462 e. The molecule has 2 heteroatoms. The van der Waals surface area contributed by atoms with Crippen LogP contribution in [0.15, 0.2) is 0 Å². The molecule has 0 amide bonds. The lowest BCUT2D eigenvalue weighted by Gasteiger charge is -2.41. The molecule has 0 aromatic rings. The van der Waals surface area contributed by atoms with Crippen molar-refractivity contribution in [3.05, 3.63) is 0 Å². The molecule has 3 saturated carbocycles. The predicted molar refractivity (Wildman–Crippen MR) is 64.2 cm³/mol. The lowest BCUT2D eigenvalue weighted by molar-refractivity contribution is -0.150. The van der Waals surface area contributed by atoms with Gasteiger partial charge in [-0.05, 0) is 48.3 Å². The Morgan fingerprint density at radius 3 is 2.76 bits per heavy atom. The zero-order chi connectivity index (χ0) is 12.0. The number of fused-ring (bicyclic) bond motifs is 3. The van der Waals surface area contributed by atoms with Crippen molar-refractivity contribution in [2.24, 2.45) is 34.5 Å². The summed E-state index contributed by atoms with van der Waals surface area (Å²) >= 11 is 0. The molecule has 0 radical (unpaired) electrons. The van der Waals surface area contributed by atoms with Gasteiger partial charge in [-0.3, -0.25) is 4.79 Å². The second-order valence-electron chi connectivity index (χ2n) is 7.61. The number of esters is 1. The molecule has 0 N–H and O–H groups in total. The van der Waals surface area contributed by atoms with E-state index >= 15 is 0 Å². The van der Waals surface area contributed by atoms with Crippen molar-refractivity contribution in [2.75, 3.05) is 0 Å². The van der Waals surface area contributed by atoms with Gasteiger partial charge in [-0.15, -0.1) is 0 Å². The number of hydrogen-bond donors (Lipinski definition) is 0. The number of rotatable bonds is 1. The fourth-order valence-electron chi connectivity index (χ4n) is 5.47. The summed E-state index contributed by atoms with van der Waals surface area (Å²) in [4.78, 5) is 12.3. The number of carbonyl (C=O) groups excluding carboxylic acids is 1. The molecule has 0 aromatic carbocycles. The van der Waals surface area contributed by atoms with Gasteiger partial charge in [0.1, 0.15) is 6.10 Å². The van der Waals surface area contributed by atoms with E-state index in [2.05, 4.69) is 20.8 Å². The first-order valence-corrected chi connectivity index (χ1v) is 7.18. The van der Waals surface area contributed by atoms with Crippen molar-refractivity contribution in [2.45, 2.75) is 52.6 Å². The van der Waals surface area contributed by atoms with Crippen LogP contribution in [0.5, 0.6) is 0 Å². The second-order valence-corrected chi connectivity index (χ2v) is 7.61. The third-order valence-electron chi connectivity index (χ3n) is 6.60. The van der Waals surface area contributed by atoms with Gasteiger partial charge in [-0.2, -0.15) is 0 Å². The van der Waals surface area contributed by atoms with Crippen molar-refractivity contribution in [3.63, 3.8) is 0 Å². The van der Waals surface area contributed by atoms with E-state index in [0.29, 0.717) is 23.2 Å². The van der Waals surface area contributed by atoms with Gasteiger partial charge in [0.05, 0.1) is 5.41 Å². The van der Waals surface area contributed by atoms with Crippen molar-refractivity contribution in [3.8, 4) is 0 Å². The van der Waals surface area contributed by atoms with Gasteiger partial charge in [0, 0.05) is 6.42 Å². The van der Waals surface area contributed by atoms with Crippen molar-refractivity contribution in [1.82, 2.24) is 0 Å². The molecule has 4 aliphatic rings. The first-order valence-electron chi connectivity index (χ1n) is 7.18. The van der Waals surface area contributed by atoms with Crippen LogP contribution in [0.1, 0.15) is 46.5 Å². The van der Waals surface area contributed by atoms with Gasteiger partial charge < -0.3 is 4.74 Å². The molecule has 17 heavy (non-hydrogen) atoms. The van der Waals surface area contributed by atoms with E-state index in [1.54, 1.807) is 0 Å². The molecule has 1 heterocycles. The molecule has 6 atom stereocenters. The molecule has 2 nitrogen and oxygen atoms in total. The van der Waals surface area contributed by atoms with Crippen LogP contribution < -0.4 is 0 Å². The Hall–Kier alpha value is -0.530. The number of ether oxygens (including phenoxy) is 1. The summed E-state index contributed by atoms with van der Waals surface area (Å²) < 4.78 is 5.74. The summed E-state index contributed by atoms with van der Waals surface area (Å²) in [5.41, 5.74) is 0.440. The molecule has 1 spiro atoms. The number of carbonyl (C=O) groups is 1. The Bertz CT molecular complexity index is 402. The highest BCUT2D eigenvalue weighted by molar-refractivity contribution is 5.81. The summed E-state index contributed by atoms with van der Waals surface area (Å²) in [6, 6.07) is 0. The lowest BCUT2D eigenvalue weighted by atomic mass is 9.60.